The summed E-state index contributed by atoms with van der Waals surface area (Å²) in [6, 6.07) is 0. The minimum absolute atomic E-state index is 0.164. The number of rotatable bonds is 1. The van der Waals surface area contributed by atoms with Crippen molar-refractivity contribution in [3.05, 3.63) is 0 Å². The monoisotopic (exact) mass is 144 g/mol. The standard InChI is InChI=1S/C7H12O3/c8-7(9)6-2-1-4-10-5-3-6/h6H,1-5H2,(H,8,9)/t6-/m0/s1. The number of carboxylic acids is 1. The second-order valence-electron chi connectivity index (χ2n) is 2.58. The van der Waals surface area contributed by atoms with Crippen molar-refractivity contribution < 1.29 is 14.6 Å². The lowest BCUT2D eigenvalue weighted by Crippen LogP contribution is -2.13. The van der Waals surface area contributed by atoms with Crippen molar-refractivity contribution in [3.63, 3.8) is 0 Å². The summed E-state index contributed by atoms with van der Waals surface area (Å²) in [7, 11) is 0. The molecule has 0 aliphatic carbocycles. The predicted octanol–water partition coefficient (Wildman–Crippen LogP) is 0.888. The normalized spacial score (nSPS) is 27.4. The van der Waals surface area contributed by atoms with Gasteiger partial charge >= 0.3 is 5.97 Å². The second-order valence-corrected chi connectivity index (χ2v) is 2.58. The topological polar surface area (TPSA) is 46.5 Å². The zero-order valence-electron chi connectivity index (χ0n) is 5.88. The molecule has 1 N–H and O–H groups in total. The number of ether oxygens (including phenoxy) is 1. The zero-order chi connectivity index (χ0) is 7.40. The van der Waals surface area contributed by atoms with Gasteiger partial charge in [0.2, 0.25) is 0 Å². The largest absolute Gasteiger partial charge is 0.481 e. The van der Waals surface area contributed by atoms with Crippen LogP contribution in [-0.2, 0) is 9.53 Å². The highest BCUT2D eigenvalue weighted by Gasteiger charge is 2.18. The summed E-state index contributed by atoms with van der Waals surface area (Å²) in [5, 5.41) is 8.61. The molecule has 0 aromatic heterocycles. The first-order chi connectivity index (χ1) is 4.80. The van der Waals surface area contributed by atoms with Crippen molar-refractivity contribution in [2.24, 2.45) is 5.92 Å². The molecule has 3 nitrogen and oxygen atoms in total. The first-order valence-corrected chi connectivity index (χ1v) is 3.61. The van der Waals surface area contributed by atoms with Crippen molar-refractivity contribution in [1.29, 1.82) is 0 Å². The van der Waals surface area contributed by atoms with Crippen molar-refractivity contribution in [3.8, 4) is 0 Å². The number of aliphatic carboxylic acids is 1. The van der Waals surface area contributed by atoms with Gasteiger partial charge in [0.05, 0.1) is 5.92 Å². The summed E-state index contributed by atoms with van der Waals surface area (Å²) >= 11 is 0. The number of carbonyl (C=O) groups is 1. The molecule has 0 saturated carbocycles. The fourth-order valence-electron chi connectivity index (χ4n) is 1.15. The van der Waals surface area contributed by atoms with E-state index in [9.17, 15) is 4.79 Å². The Labute approximate surface area is 60.0 Å². The minimum atomic E-state index is -0.675. The Balaban J connectivity index is 2.35. The highest BCUT2D eigenvalue weighted by atomic mass is 16.5. The van der Waals surface area contributed by atoms with E-state index in [1.807, 2.05) is 0 Å². The number of hydrogen-bond acceptors (Lipinski definition) is 2. The zero-order valence-corrected chi connectivity index (χ0v) is 5.88. The van der Waals surface area contributed by atoms with Crippen molar-refractivity contribution >= 4 is 5.97 Å². The maximum atomic E-state index is 10.5. The highest BCUT2D eigenvalue weighted by molar-refractivity contribution is 5.69. The molecule has 0 aromatic carbocycles. The van der Waals surface area contributed by atoms with Gasteiger partial charge in [-0.15, -0.1) is 0 Å². The summed E-state index contributed by atoms with van der Waals surface area (Å²) in [5.74, 6) is -0.840. The molecule has 0 amide bonds. The Morgan fingerprint density at radius 3 is 2.90 bits per heavy atom. The van der Waals surface area contributed by atoms with Crippen molar-refractivity contribution in [2.75, 3.05) is 13.2 Å². The van der Waals surface area contributed by atoms with Crippen LogP contribution in [0.25, 0.3) is 0 Å². The molecule has 0 radical (unpaired) electrons. The molecule has 0 bridgehead atoms. The Morgan fingerprint density at radius 1 is 1.40 bits per heavy atom. The molecule has 1 aliphatic heterocycles. The fourth-order valence-corrected chi connectivity index (χ4v) is 1.15. The fraction of sp³-hybridized carbons (Fsp3) is 0.857. The smallest absolute Gasteiger partial charge is 0.306 e. The maximum absolute atomic E-state index is 10.5. The quantitative estimate of drug-likeness (QED) is 0.594. The molecule has 10 heavy (non-hydrogen) atoms. The van der Waals surface area contributed by atoms with Crippen LogP contribution < -0.4 is 0 Å². The molecular weight excluding hydrogens is 132 g/mol. The van der Waals surface area contributed by atoms with Crippen LogP contribution in [0.5, 0.6) is 0 Å². The summed E-state index contributed by atoms with van der Waals surface area (Å²) in [4.78, 5) is 10.5. The summed E-state index contributed by atoms with van der Waals surface area (Å²) in [6.07, 6.45) is 2.33. The van der Waals surface area contributed by atoms with E-state index in [-0.39, 0.29) is 5.92 Å². The molecule has 0 spiro atoms. The van der Waals surface area contributed by atoms with Crippen molar-refractivity contribution in [1.82, 2.24) is 0 Å². The molecule has 0 unspecified atom stereocenters. The van der Waals surface area contributed by atoms with Gasteiger partial charge in [0.1, 0.15) is 0 Å². The number of carboxylic acid groups (broad SMARTS) is 1. The van der Waals surface area contributed by atoms with Gasteiger partial charge in [0.25, 0.3) is 0 Å². The van der Waals surface area contributed by atoms with E-state index in [2.05, 4.69) is 0 Å². The molecule has 1 rings (SSSR count). The summed E-state index contributed by atoms with van der Waals surface area (Å²) < 4.78 is 5.11. The van der Waals surface area contributed by atoms with Crippen LogP contribution in [0.2, 0.25) is 0 Å². The van der Waals surface area contributed by atoms with Crippen molar-refractivity contribution in [2.45, 2.75) is 19.3 Å². The Hall–Kier alpha value is -0.570. The highest BCUT2D eigenvalue weighted by Crippen LogP contribution is 2.15. The third-order valence-corrected chi connectivity index (χ3v) is 1.80. The molecule has 0 aromatic rings. The van der Waals surface area contributed by atoms with E-state index in [0.29, 0.717) is 13.0 Å². The van der Waals surface area contributed by atoms with Crippen LogP contribution in [0, 0.1) is 5.92 Å². The van der Waals surface area contributed by atoms with E-state index in [1.54, 1.807) is 0 Å². The van der Waals surface area contributed by atoms with Crippen LogP contribution in [0.15, 0.2) is 0 Å². The lowest BCUT2D eigenvalue weighted by molar-refractivity contribution is -0.142. The van der Waals surface area contributed by atoms with Crippen LogP contribution in [0.1, 0.15) is 19.3 Å². The molecule has 58 valence electrons. The Morgan fingerprint density at radius 2 is 2.20 bits per heavy atom. The van der Waals surface area contributed by atoms with E-state index in [1.165, 1.54) is 0 Å². The van der Waals surface area contributed by atoms with Gasteiger partial charge in [-0.25, -0.2) is 0 Å². The SMILES string of the molecule is O=C(O)[C@H]1CCCOCC1. The van der Waals surface area contributed by atoms with Gasteiger partial charge in [0, 0.05) is 13.2 Å². The van der Waals surface area contributed by atoms with Gasteiger partial charge < -0.3 is 9.84 Å². The van der Waals surface area contributed by atoms with Crippen LogP contribution in [0.3, 0.4) is 0 Å². The van der Waals surface area contributed by atoms with Crippen LogP contribution >= 0.6 is 0 Å². The maximum Gasteiger partial charge on any atom is 0.306 e. The van der Waals surface area contributed by atoms with Gasteiger partial charge in [-0.1, -0.05) is 0 Å². The van der Waals surface area contributed by atoms with Gasteiger partial charge in [-0.3, -0.25) is 4.79 Å². The molecule has 1 aliphatic rings. The average Bonchev–Trinajstić information content (AvgIpc) is 2.12. The molecule has 1 atom stereocenters. The van der Waals surface area contributed by atoms with Gasteiger partial charge in [-0.2, -0.15) is 0 Å². The summed E-state index contributed by atoms with van der Waals surface area (Å²) in [5.41, 5.74) is 0. The van der Waals surface area contributed by atoms with E-state index < -0.39 is 5.97 Å². The minimum Gasteiger partial charge on any atom is -0.481 e. The average molecular weight is 144 g/mol. The third kappa shape index (κ3) is 1.99. The second kappa shape index (κ2) is 3.56. The number of hydrogen-bond donors (Lipinski definition) is 1. The first kappa shape index (κ1) is 7.54. The molecule has 3 heteroatoms. The lowest BCUT2D eigenvalue weighted by Gasteiger charge is -2.04. The first-order valence-electron chi connectivity index (χ1n) is 3.61. The van der Waals surface area contributed by atoms with E-state index >= 15 is 0 Å². The predicted molar refractivity (Wildman–Crippen MR) is 35.8 cm³/mol. The van der Waals surface area contributed by atoms with E-state index in [0.717, 1.165) is 19.4 Å². The molecule has 1 heterocycles. The van der Waals surface area contributed by atoms with Gasteiger partial charge in [-0.05, 0) is 19.3 Å². The van der Waals surface area contributed by atoms with Crippen LogP contribution in [0.4, 0.5) is 0 Å². The Kier molecular flexibility index (Phi) is 2.68. The van der Waals surface area contributed by atoms with Crippen LogP contribution in [-0.4, -0.2) is 24.3 Å². The summed E-state index contributed by atoms with van der Waals surface area (Å²) in [6.45, 7) is 1.33. The van der Waals surface area contributed by atoms with E-state index in [4.69, 9.17) is 9.84 Å². The Bertz CT molecular complexity index is 114. The molecule has 1 saturated heterocycles. The molecule has 1 fully saturated rings. The third-order valence-electron chi connectivity index (χ3n) is 1.80. The lowest BCUT2D eigenvalue weighted by atomic mass is 10.0. The molecular formula is C7H12O3. The van der Waals surface area contributed by atoms with Gasteiger partial charge in [0.15, 0.2) is 0 Å².